The molecule has 0 aliphatic rings. The summed E-state index contributed by atoms with van der Waals surface area (Å²) in [6.45, 7) is 0. The molecule has 1 unspecified atom stereocenters. The first-order chi connectivity index (χ1) is 13.1. The van der Waals surface area contributed by atoms with E-state index in [-0.39, 0.29) is 10.6 Å². The van der Waals surface area contributed by atoms with Gasteiger partial charge in [-0.25, -0.2) is 26.7 Å². The van der Waals surface area contributed by atoms with E-state index in [1.807, 2.05) is 0 Å². The second-order valence-corrected chi connectivity index (χ2v) is 6.16. The maximum atomic E-state index is 13.9. The summed E-state index contributed by atoms with van der Waals surface area (Å²) in [5, 5.41) is 0. The lowest BCUT2D eigenvalue weighted by Crippen LogP contribution is -2.30. The molecule has 150 valence electrons. The Bertz CT molecular complexity index is 907. The second-order valence-electron chi connectivity index (χ2n) is 5.74. The van der Waals surface area contributed by atoms with Gasteiger partial charge in [-0.05, 0) is 12.1 Å². The minimum Gasteiger partial charge on any atom is -0.497 e. The number of nitrogens with zero attached hydrogens (tertiary/aromatic N) is 1. The molecule has 0 heterocycles. The third-order valence-corrected chi connectivity index (χ3v) is 4.28. The summed E-state index contributed by atoms with van der Waals surface area (Å²) in [4.78, 5) is 13.7. The Morgan fingerprint density at radius 2 is 1.54 bits per heavy atom. The average molecular weight is 419 g/mol. The van der Waals surface area contributed by atoms with Crippen molar-refractivity contribution < 1.29 is 36.2 Å². The number of halogens is 5. The van der Waals surface area contributed by atoms with Crippen molar-refractivity contribution in [1.82, 2.24) is 4.90 Å². The third-order valence-electron chi connectivity index (χ3n) is 3.70. The van der Waals surface area contributed by atoms with Crippen LogP contribution in [0.4, 0.5) is 22.0 Å². The molecule has 2 aromatic rings. The smallest absolute Gasteiger partial charge is 0.345 e. The van der Waals surface area contributed by atoms with Gasteiger partial charge in [0, 0.05) is 19.7 Å². The van der Waals surface area contributed by atoms with Crippen LogP contribution in [0.25, 0.3) is 0 Å². The number of likely N-dealkylation sites (N-methyl/N-ethyl adjacent to an activating group) is 1. The van der Waals surface area contributed by atoms with Gasteiger partial charge in [0.1, 0.15) is 16.3 Å². The summed E-state index contributed by atoms with van der Waals surface area (Å²) >= 11 is 5.18. The lowest BCUT2D eigenvalue weighted by atomic mass is 10.1. The van der Waals surface area contributed by atoms with Crippen LogP contribution in [0.3, 0.4) is 0 Å². The molecule has 0 aliphatic carbocycles. The van der Waals surface area contributed by atoms with Crippen molar-refractivity contribution in [2.75, 3.05) is 21.2 Å². The molecule has 4 nitrogen and oxygen atoms in total. The molecule has 0 bridgehead atoms. The highest BCUT2D eigenvalue weighted by molar-refractivity contribution is 7.80. The van der Waals surface area contributed by atoms with Gasteiger partial charge >= 0.3 is 5.97 Å². The fourth-order valence-corrected chi connectivity index (χ4v) is 2.43. The number of carbonyl (C=O) groups excluding carboxylic acids is 1. The maximum absolute atomic E-state index is 13.9. The Morgan fingerprint density at radius 1 is 1.00 bits per heavy atom. The van der Waals surface area contributed by atoms with Gasteiger partial charge in [-0.15, -0.1) is 0 Å². The largest absolute Gasteiger partial charge is 0.497 e. The third kappa shape index (κ3) is 4.06. The van der Waals surface area contributed by atoms with E-state index in [1.54, 1.807) is 12.1 Å². The Kier molecular flexibility index (Phi) is 6.55. The van der Waals surface area contributed by atoms with E-state index in [0.717, 1.165) is 0 Å². The summed E-state index contributed by atoms with van der Waals surface area (Å²) < 4.78 is 77.9. The summed E-state index contributed by atoms with van der Waals surface area (Å²) in [5.41, 5.74) is -1.43. The SMILES string of the molecule is COc1cccc(C(OC(=O)c2c(F)c(F)c(F)c(F)c2F)C(=S)N(C)C)c1. The van der Waals surface area contributed by atoms with Crippen LogP contribution in [0.1, 0.15) is 22.0 Å². The standard InChI is InChI=1S/C18H14F5NO3S/c1-24(2)17(28)16(8-5-4-6-9(7-8)26-3)27-18(25)10-11(19)13(21)15(23)14(22)12(10)20/h4-7,16H,1-3H3. The number of ether oxygens (including phenoxy) is 2. The normalized spacial score (nSPS) is 11.7. The van der Waals surface area contributed by atoms with Gasteiger partial charge < -0.3 is 14.4 Å². The van der Waals surface area contributed by atoms with E-state index >= 15 is 0 Å². The van der Waals surface area contributed by atoms with Gasteiger partial charge in [-0.2, -0.15) is 0 Å². The molecular formula is C18H14F5NO3S. The van der Waals surface area contributed by atoms with Crippen molar-refractivity contribution in [3.05, 3.63) is 64.5 Å². The molecule has 0 aromatic heterocycles. The number of methoxy groups -OCH3 is 1. The second kappa shape index (κ2) is 8.51. The molecule has 0 saturated carbocycles. The molecule has 0 saturated heterocycles. The number of benzene rings is 2. The van der Waals surface area contributed by atoms with Crippen molar-refractivity contribution >= 4 is 23.2 Å². The van der Waals surface area contributed by atoms with Crippen LogP contribution in [0, 0.1) is 29.1 Å². The van der Waals surface area contributed by atoms with E-state index in [1.165, 1.54) is 38.2 Å². The number of hydrogen-bond acceptors (Lipinski definition) is 4. The zero-order valence-corrected chi connectivity index (χ0v) is 15.7. The number of thiocarbonyl (C=S) groups is 1. The average Bonchev–Trinajstić information content (AvgIpc) is 2.68. The fraction of sp³-hybridized carbons (Fsp3) is 0.222. The summed E-state index contributed by atoms with van der Waals surface area (Å²) in [5.74, 6) is -12.8. The first-order valence-corrected chi connectivity index (χ1v) is 8.08. The van der Waals surface area contributed by atoms with E-state index in [9.17, 15) is 26.7 Å². The van der Waals surface area contributed by atoms with Crippen LogP contribution in [0.5, 0.6) is 5.75 Å². The van der Waals surface area contributed by atoms with Crippen molar-refractivity contribution in [3.63, 3.8) is 0 Å². The van der Waals surface area contributed by atoms with Gasteiger partial charge in [0.2, 0.25) is 5.82 Å². The van der Waals surface area contributed by atoms with Crippen molar-refractivity contribution in [3.8, 4) is 5.75 Å². The molecule has 2 aromatic carbocycles. The van der Waals surface area contributed by atoms with Gasteiger partial charge in [0.05, 0.1) is 7.11 Å². The molecule has 0 spiro atoms. The van der Waals surface area contributed by atoms with E-state index < -0.39 is 46.7 Å². The van der Waals surface area contributed by atoms with E-state index in [0.29, 0.717) is 5.75 Å². The Hall–Kier alpha value is -2.75. The van der Waals surface area contributed by atoms with Crippen molar-refractivity contribution in [1.29, 1.82) is 0 Å². The van der Waals surface area contributed by atoms with E-state index in [2.05, 4.69) is 0 Å². The van der Waals surface area contributed by atoms with Crippen LogP contribution in [0.2, 0.25) is 0 Å². The minimum atomic E-state index is -2.38. The maximum Gasteiger partial charge on any atom is 0.345 e. The van der Waals surface area contributed by atoms with Crippen LogP contribution >= 0.6 is 12.2 Å². The van der Waals surface area contributed by atoms with Crippen LogP contribution in [-0.4, -0.2) is 37.1 Å². The number of rotatable bonds is 5. The molecule has 0 amide bonds. The predicted molar refractivity (Wildman–Crippen MR) is 93.7 cm³/mol. The molecule has 0 radical (unpaired) electrons. The molecule has 2 rings (SSSR count). The van der Waals surface area contributed by atoms with Crippen LogP contribution < -0.4 is 4.74 Å². The molecule has 0 fully saturated rings. The summed E-state index contributed by atoms with van der Waals surface area (Å²) in [6, 6.07) is 6.08. The number of carbonyl (C=O) groups is 1. The van der Waals surface area contributed by atoms with Gasteiger partial charge in [-0.3, -0.25) is 0 Å². The van der Waals surface area contributed by atoms with Crippen molar-refractivity contribution in [2.45, 2.75) is 6.10 Å². The summed E-state index contributed by atoms with van der Waals surface area (Å²) in [6.07, 6.45) is -1.34. The van der Waals surface area contributed by atoms with Crippen LogP contribution in [-0.2, 0) is 4.74 Å². The summed E-state index contributed by atoms with van der Waals surface area (Å²) in [7, 11) is 4.45. The highest BCUT2D eigenvalue weighted by Gasteiger charge is 2.33. The molecule has 1 atom stereocenters. The first kappa shape index (κ1) is 21.5. The predicted octanol–water partition coefficient (Wildman–Crippen LogP) is 4.18. The fourth-order valence-electron chi connectivity index (χ4n) is 2.25. The Labute approximate surface area is 162 Å². The van der Waals surface area contributed by atoms with Crippen LogP contribution in [0.15, 0.2) is 24.3 Å². The first-order valence-electron chi connectivity index (χ1n) is 7.67. The number of hydrogen-bond donors (Lipinski definition) is 0. The molecule has 28 heavy (non-hydrogen) atoms. The monoisotopic (exact) mass is 419 g/mol. The number of esters is 1. The molecular weight excluding hydrogens is 405 g/mol. The molecule has 0 aliphatic heterocycles. The highest BCUT2D eigenvalue weighted by atomic mass is 32.1. The zero-order valence-electron chi connectivity index (χ0n) is 14.9. The van der Waals surface area contributed by atoms with Gasteiger partial charge in [-0.1, -0.05) is 24.4 Å². The lowest BCUT2D eigenvalue weighted by molar-refractivity contribution is 0.0398. The Balaban J connectivity index is 2.51. The topological polar surface area (TPSA) is 38.8 Å². The lowest BCUT2D eigenvalue weighted by Gasteiger charge is -2.24. The quantitative estimate of drug-likeness (QED) is 0.239. The van der Waals surface area contributed by atoms with E-state index in [4.69, 9.17) is 21.7 Å². The highest BCUT2D eigenvalue weighted by Crippen LogP contribution is 2.29. The molecule has 10 heteroatoms. The van der Waals surface area contributed by atoms with Gasteiger partial charge in [0.15, 0.2) is 29.4 Å². The zero-order chi connectivity index (χ0) is 21.2. The Morgan fingerprint density at radius 3 is 2.04 bits per heavy atom. The van der Waals surface area contributed by atoms with Gasteiger partial charge in [0.25, 0.3) is 0 Å². The van der Waals surface area contributed by atoms with Crippen molar-refractivity contribution in [2.24, 2.45) is 0 Å². The molecule has 0 N–H and O–H groups in total. The minimum absolute atomic E-state index is 0.0190.